The van der Waals surface area contributed by atoms with E-state index in [-0.39, 0.29) is 6.61 Å². The molecule has 0 aliphatic rings. The Morgan fingerprint density at radius 3 is 2.23 bits per heavy atom. The van der Waals surface area contributed by atoms with E-state index in [1.807, 2.05) is 0 Å². The van der Waals surface area contributed by atoms with Gasteiger partial charge in [0, 0.05) is 5.41 Å². The van der Waals surface area contributed by atoms with Crippen LogP contribution in [-0.2, 0) is 4.79 Å². The van der Waals surface area contributed by atoms with Gasteiger partial charge in [-0.3, -0.25) is 4.79 Å². The van der Waals surface area contributed by atoms with Crippen LogP contribution in [0.4, 0.5) is 0 Å². The predicted molar refractivity (Wildman–Crippen MR) is 46.7 cm³/mol. The minimum absolute atomic E-state index is 0.304. The summed E-state index contributed by atoms with van der Waals surface area (Å²) in [6.45, 7) is 4.18. The normalized spacial score (nSPS) is 16.5. The topological polar surface area (TPSA) is 89.8 Å². The molecule has 78 valence electrons. The first-order valence-corrected chi connectivity index (χ1v) is 4.08. The Kier molecular flexibility index (Phi) is 4.32. The van der Waals surface area contributed by atoms with Gasteiger partial charge in [0.15, 0.2) is 0 Å². The zero-order valence-electron chi connectivity index (χ0n) is 8.11. The maximum Gasteiger partial charge on any atom is 0.251 e. The fourth-order valence-corrected chi connectivity index (χ4v) is 0.726. The van der Waals surface area contributed by atoms with E-state index in [0.717, 1.165) is 0 Å². The van der Waals surface area contributed by atoms with Crippen LogP contribution in [0.1, 0.15) is 20.8 Å². The molecule has 0 aromatic carbocycles. The molecule has 0 radical (unpaired) electrons. The highest BCUT2D eigenvalue weighted by molar-refractivity contribution is 5.81. The second kappa shape index (κ2) is 4.55. The minimum Gasteiger partial charge on any atom is -0.396 e. The molecular weight excluding hydrogens is 174 g/mol. The first-order chi connectivity index (χ1) is 5.81. The van der Waals surface area contributed by atoms with Crippen molar-refractivity contribution in [3.63, 3.8) is 0 Å². The second-order valence-corrected chi connectivity index (χ2v) is 3.73. The highest BCUT2D eigenvalue weighted by Gasteiger charge is 2.33. The first kappa shape index (κ1) is 12.3. The van der Waals surface area contributed by atoms with Gasteiger partial charge in [-0.15, -0.1) is 0 Å². The Bertz CT molecular complexity index is 179. The lowest BCUT2D eigenvalue weighted by Gasteiger charge is -2.27. The Morgan fingerprint density at radius 1 is 1.46 bits per heavy atom. The monoisotopic (exact) mass is 191 g/mol. The quantitative estimate of drug-likeness (QED) is 0.421. The van der Waals surface area contributed by atoms with E-state index < -0.39 is 23.7 Å². The van der Waals surface area contributed by atoms with Gasteiger partial charge in [-0.05, 0) is 6.92 Å². The molecule has 0 aromatic heterocycles. The molecule has 0 aromatic rings. The molecule has 0 fully saturated rings. The Hall–Kier alpha value is -0.650. The number of hydrogen-bond acceptors (Lipinski definition) is 4. The van der Waals surface area contributed by atoms with Crippen LogP contribution < -0.4 is 5.32 Å². The van der Waals surface area contributed by atoms with Gasteiger partial charge in [0.1, 0.15) is 12.3 Å². The lowest BCUT2D eigenvalue weighted by molar-refractivity contribution is -0.139. The van der Waals surface area contributed by atoms with E-state index in [4.69, 9.17) is 10.2 Å². The summed E-state index contributed by atoms with van der Waals surface area (Å²) >= 11 is 0. The fraction of sp³-hybridized carbons (Fsp3) is 0.875. The first-order valence-electron chi connectivity index (χ1n) is 4.08. The lowest BCUT2D eigenvalue weighted by atomic mass is 9.87. The van der Waals surface area contributed by atoms with Crippen LogP contribution in [-0.4, -0.2) is 40.2 Å². The zero-order valence-corrected chi connectivity index (χ0v) is 8.11. The third-order valence-corrected chi connectivity index (χ3v) is 1.75. The summed E-state index contributed by atoms with van der Waals surface area (Å²) in [5.41, 5.74) is -0.904. The predicted octanol–water partition coefficient (Wildman–Crippen LogP) is -1.18. The summed E-state index contributed by atoms with van der Waals surface area (Å²) in [5.74, 6) is -0.686. The van der Waals surface area contributed by atoms with Crippen LogP contribution in [0, 0.1) is 5.41 Å². The summed E-state index contributed by atoms with van der Waals surface area (Å²) in [6, 6.07) is 0. The molecule has 0 saturated carbocycles. The molecule has 0 rings (SSSR count). The van der Waals surface area contributed by atoms with Crippen molar-refractivity contribution in [2.24, 2.45) is 5.41 Å². The van der Waals surface area contributed by atoms with E-state index >= 15 is 0 Å². The average Bonchev–Trinajstić information content (AvgIpc) is 2.01. The number of aliphatic hydroxyl groups excluding tert-OH is 3. The standard InChI is InChI=1S/C8H17NO4/c1-5(11)9-7(13)6(12)8(2,3)4-10/h5-6,10-12H,4H2,1-3H3,(H,9,13). The molecule has 0 aliphatic carbocycles. The van der Waals surface area contributed by atoms with Crippen LogP contribution in [0.25, 0.3) is 0 Å². The van der Waals surface area contributed by atoms with E-state index in [2.05, 4.69) is 5.32 Å². The summed E-state index contributed by atoms with van der Waals surface area (Å²) in [5, 5.41) is 29.2. The van der Waals surface area contributed by atoms with E-state index in [1.54, 1.807) is 13.8 Å². The number of aliphatic hydroxyl groups is 3. The van der Waals surface area contributed by atoms with Crippen molar-refractivity contribution in [2.75, 3.05) is 6.61 Å². The van der Waals surface area contributed by atoms with Gasteiger partial charge >= 0.3 is 0 Å². The number of rotatable bonds is 4. The molecule has 0 bridgehead atoms. The summed E-state index contributed by atoms with van der Waals surface area (Å²) in [6.07, 6.45) is -2.33. The van der Waals surface area contributed by atoms with Crippen LogP contribution in [0.15, 0.2) is 0 Å². The molecule has 0 spiro atoms. The molecule has 5 heteroatoms. The highest BCUT2D eigenvalue weighted by atomic mass is 16.3. The maximum atomic E-state index is 11.1. The van der Waals surface area contributed by atoms with Gasteiger partial charge in [0.05, 0.1) is 6.61 Å². The largest absolute Gasteiger partial charge is 0.396 e. The molecule has 0 aliphatic heterocycles. The van der Waals surface area contributed by atoms with E-state index in [1.165, 1.54) is 6.92 Å². The van der Waals surface area contributed by atoms with Gasteiger partial charge in [-0.2, -0.15) is 0 Å². The zero-order chi connectivity index (χ0) is 10.6. The average molecular weight is 191 g/mol. The number of carbonyl (C=O) groups excluding carboxylic acids is 1. The second-order valence-electron chi connectivity index (χ2n) is 3.73. The molecule has 2 atom stereocenters. The maximum absolute atomic E-state index is 11.1. The Labute approximate surface area is 77.4 Å². The van der Waals surface area contributed by atoms with Crippen LogP contribution in [0.3, 0.4) is 0 Å². The summed E-state index contributed by atoms with van der Waals surface area (Å²) in [4.78, 5) is 11.1. The fourth-order valence-electron chi connectivity index (χ4n) is 0.726. The molecule has 1 amide bonds. The van der Waals surface area contributed by atoms with Gasteiger partial charge in [0.2, 0.25) is 0 Å². The smallest absolute Gasteiger partial charge is 0.251 e. The molecule has 13 heavy (non-hydrogen) atoms. The number of amides is 1. The number of hydrogen-bond donors (Lipinski definition) is 4. The van der Waals surface area contributed by atoms with Crippen molar-refractivity contribution < 1.29 is 20.1 Å². The van der Waals surface area contributed by atoms with Crippen molar-refractivity contribution in [1.82, 2.24) is 5.32 Å². The Balaban J connectivity index is 4.25. The summed E-state index contributed by atoms with van der Waals surface area (Å²) < 4.78 is 0. The van der Waals surface area contributed by atoms with Gasteiger partial charge in [-0.1, -0.05) is 13.8 Å². The van der Waals surface area contributed by atoms with Crippen molar-refractivity contribution in [2.45, 2.75) is 33.1 Å². The van der Waals surface area contributed by atoms with E-state index in [0.29, 0.717) is 0 Å². The van der Waals surface area contributed by atoms with Gasteiger partial charge in [-0.25, -0.2) is 0 Å². The van der Waals surface area contributed by atoms with Crippen molar-refractivity contribution in [1.29, 1.82) is 0 Å². The molecule has 0 saturated heterocycles. The highest BCUT2D eigenvalue weighted by Crippen LogP contribution is 2.19. The third kappa shape index (κ3) is 3.71. The van der Waals surface area contributed by atoms with Crippen molar-refractivity contribution >= 4 is 5.91 Å². The number of carbonyl (C=O) groups is 1. The SMILES string of the molecule is CC(O)NC(=O)C(O)C(C)(C)CO. The van der Waals surface area contributed by atoms with Crippen molar-refractivity contribution in [3.8, 4) is 0 Å². The van der Waals surface area contributed by atoms with Gasteiger partial charge < -0.3 is 20.6 Å². The summed E-state index contributed by atoms with van der Waals surface area (Å²) in [7, 11) is 0. The molecule has 0 heterocycles. The van der Waals surface area contributed by atoms with Crippen molar-refractivity contribution in [3.05, 3.63) is 0 Å². The molecule has 2 unspecified atom stereocenters. The third-order valence-electron chi connectivity index (χ3n) is 1.75. The van der Waals surface area contributed by atoms with Crippen LogP contribution in [0.5, 0.6) is 0 Å². The Morgan fingerprint density at radius 2 is 1.92 bits per heavy atom. The minimum atomic E-state index is -1.33. The molecule has 4 N–H and O–H groups in total. The van der Waals surface area contributed by atoms with Crippen LogP contribution in [0.2, 0.25) is 0 Å². The molecule has 5 nitrogen and oxygen atoms in total. The lowest BCUT2D eigenvalue weighted by Crippen LogP contribution is -2.48. The van der Waals surface area contributed by atoms with E-state index in [9.17, 15) is 9.90 Å². The van der Waals surface area contributed by atoms with Gasteiger partial charge in [0.25, 0.3) is 5.91 Å². The molecular formula is C8H17NO4. The number of nitrogens with one attached hydrogen (secondary N) is 1. The van der Waals surface area contributed by atoms with Crippen LogP contribution >= 0.6 is 0 Å².